The van der Waals surface area contributed by atoms with E-state index < -0.39 is 6.29 Å². The van der Waals surface area contributed by atoms with E-state index in [4.69, 9.17) is 13.9 Å². The minimum Gasteiger partial charge on any atom is -0.464 e. The molecule has 2 atom stereocenters. The van der Waals surface area contributed by atoms with Crippen LogP contribution in [-0.2, 0) is 27.5 Å². The number of para-hydroxylation sites is 1. The molecule has 164 valence electrons. The zero-order valence-corrected chi connectivity index (χ0v) is 17.4. The molecule has 1 fully saturated rings. The Morgan fingerprint density at radius 2 is 1.84 bits per heavy atom. The van der Waals surface area contributed by atoms with Crippen LogP contribution < -0.4 is 5.43 Å². The van der Waals surface area contributed by atoms with Crippen LogP contribution in [0.5, 0.6) is 0 Å². The second kappa shape index (κ2) is 8.61. The van der Waals surface area contributed by atoms with E-state index >= 15 is 0 Å². The number of hydrogen-bond donors (Lipinski definition) is 1. The molecule has 0 bridgehead atoms. The van der Waals surface area contributed by atoms with E-state index in [9.17, 15) is 14.7 Å². The van der Waals surface area contributed by atoms with Gasteiger partial charge >= 0.3 is 0 Å². The number of allylic oxidation sites excluding steroid dienone is 1. The summed E-state index contributed by atoms with van der Waals surface area (Å²) in [7, 11) is 0. The Bertz CT molecular complexity index is 1230. The summed E-state index contributed by atoms with van der Waals surface area (Å²) in [5.74, 6) is -0.363. The number of aliphatic hydroxyl groups is 1. The number of nitrogens with zero attached hydrogens (tertiary/aromatic N) is 1. The van der Waals surface area contributed by atoms with Gasteiger partial charge in [0.15, 0.2) is 11.2 Å². The van der Waals surface area contributed by atoms with Gasteiger partial charge in [-0.15, -0.1) is 0 Å². The van der Waals surface area contributed by atoms with Crippen molar-refractivity contribution in [2.45, 2.75) is 31.8 Å². The molecule has 2 aliphatic heterocycles. The van der Waals surface area contributed by atoms with Crippen LogP contribution in [0.2, 0.25) is 0 Å². The molecule has 1 saturated heterocycles. The lowest BCUT2D eigenvalue weighted by molar-refractivity contribution is -0.152. The summed E-state index contributed by atoms with van der Waals surface area (Å²) in [4.78, 5) is 27.5. The van der Waals surface area contributed by atoms with Gasteiger partial charge in [-0.05, 0) is 29.3 Å². The quantitative estimate of drug-likeness (QED) is 0.601. The second-order valence-corrected chi connectivity index (χ2v) is 8.01. The van der Waals surface area contributed by atoms with Gasteiger partial charge in [0.2, 0.25) is 6.29 Å². The third-order valence-corrected chi connectivity index (χ3v) is 5.75. The largest absolute Gasteiger partial charge is 0.464 e. The lowest BCUT2D eigenvalue weighted by Gasteiger charge is -2.29. The van der Waals surface area contributed by atoms with Gasteiger partial charge in [-0.1, -0.05) is 36.4 Å². The SMILES string of the molecule is O=C(C1=C[C@H](c2coc3ccccc3c2=O)C[C@H](OCc2ccc(CO)cc2)O1)N1CC1. The minimum atomic E-state index is -0.688. The molecule has 1 N–H and O–H groups in total. The number of hydrogen-bond acceptors (Lipinski definition) is 6. The van der Waals surface area contributed by atoms with Crippen molar-refractivity contribution in [3.63, 3.8) is 0 Å². The average molecular weight is 433 g/mol. The second-order valence-electron chi connectivity index (χ2n) is 8.01. The fourth-order valence-corrected chi connectivity index (χ4v) is 3.82. The van der Waals surface area contributed by atoms with Crippen LogP contribution in [-0.4, -0.2) is 35.3 Å². The summed E-state index contributed by atoms with van der Waals surface area (Å²) in [6.07, 6.45) is 2.88. The van der Waals surface area contributed by atoms with E-state index in [1.54, 1.807) is 29.2 Å². The molecule has 1 amide bonds. The fourth-order valence-electron chi connectivity index (χ4n) is 3.82. The molecule has 3 heterocycles. The highest BCUT2D eigenvalue weighted by atomic mass is 16.7. The van der Waals surface area contributed by atoms with Gasteiger partial charge in [-0.25, -0.2) is 0 Å². The van der Waals surface area contributed by atoms with Gasteiger partial charge in [0.1, 0.15) is 5.58 Å². The van der Waals surface area contributed by atoms with Crippen molar-refractivity contribution in [2.24, 2.45) is 0 Å². The molecule has 0 aliphatic carbocycles. The Morgan fingerprint density at radius 3 is 2.59 bits per heavy atom. The number of benzene rings is 2. The molecule has 2 aliphatic rings. The molecular weight excluding hydrogens is 410 g/mol. The minimum absolute atomic E-state index is 0.0182. The summed E-state index contributed by atoms with van der Waals surface area (Å²) in [6, 6.07) is 14.5. The Labute approximate surface area is 184 Å². The highest BCUT2D eigenvalue weighted by Crippen LogP contribution is 2.32. The number of carbonyl (C=O) groups is 1. The molecule has 7 heteroatoms. The molecule has 3 aromatic rings. The lowest BCUT2D eigenvalue weighted by Crippen LogP contribution is -2.30. The topological polar surface area (TPSA) is 89.0 Å². The van der Waals surface area contributed by atoms with Gasteiger partial charge in [0.05, 0.1) is 24.9 Å². The Balaban J connectivity index is 1.41. The van der Waals surface area contributed by atoms with Crippen LogP contribution in [0.1, 0.15) is 29.0 Å². The number of ether oxygens (including phenoxy) is 2. The van der Waals surface area contributed by atoms with Gasteiger partial charge < -0.3 is 23.9 Å². The van der Waals surface area contributed by atoms with Crippen LogP contribution in [0.25, 0.3) is 11.0 Å². The molecule has 0 radical (unpaired) electrons. The number of carbonyl (C=O) groups excluding carboxylic acids is 1. The van der Waals surface area contributed by atoms with E-state index in [-0.39, 0.29) is 36.2 Å². The summed E-state index contributed by atoms with van der Waals surface area (Å²) < 4.78 is 17.5. The molecular formula is C25H23NO6. The van der Waals surface area contributed by atoms with Gasteiger partial charge in [0, 0.05) is 31.0 Å². The summed E-state index contributed by atoms with van der Waals surface area (Å²) >= 11 is 0. The third-order valence-electron chi connectivity index (χ3n) is 5.75. The fraction of sp³-hybridized carbons (Fsp3) is 0.280. The van der Waals surface area contributed by atoms with Crippen LogP contribution in [0.15, 0.2) is 75.8 Å². The van der Waals surface area contributed by atoms with Crippen LogP contribution in [0.4, 0.5) is 0 Å². The van der Waals surface area contributed by atoms with Crippen LogP contribution >= 0.6 is 0 Å². The zero-order chi connectivity index (χ0) is 22.1. The first-order chi connectivity index (χ1) is 15.6. The highest BCUT2D eigenvalue weighted by molar-refractivity contribution is 5.93. The highest BCUT2D eigenvalue weighted by Gasteiger charge is 2.35. The van der Waals surface area contributed by atoms with Crippen LogP contribution in [0.3, 0.4) is 0 Å². The standard InChI is InChI=1S/C25H23NO6/c27-13-16-5-7-17(8-6-16)14-31-23-12-18(11-22(32-23)25(29)26-9-10-26)20-15-30-21-4-2-1-3-19(21)24(20)28/h1-8,11,15,18,23,27H,9-10,12-14H2/t18-,23+/m0/s1. The molecule has 0 unspecified atom stereocenters. The Morgan fingerprint density at radius 1 is 1.09 bits per heavy atom. The van der Waals surface area contributed by atoms with E-state index in [0.717, 1.165) is 11.1 Å². The predicted molar refractivity (Wildman–Crippen MR) is 117 cm³/mol. The zero-order valence-electron chi connectivity index (χ0n) is 17.4. The normalized spacial score (nSPS) is 20.0. The van der Waals surface area contributed by atoms with Crippen molar-refractivity contribution < 1.29 is 23.8 Å². The number of rotatable bonds is 6. The summed E-state index contributed by atoms with van der Waals surface area (Å²) in [5, 5.41) is 9.70. The smallest absolute Gasteiger partial charge is 0.288 e. The van der Waals surface area contributed by atoms with Crippen molar-refractivity contribution in [2.75, 3.05) is 13.1 Å². The monoisotopic (exact) mass is 433 g/mol. The molecule has 5 rings (SSSR count). The maximum Gasteiger partial charge on any atom is 0.288 e. The van der Waals surface area contributed by atoms with Crippen LogP contribution in [0, 0.1) is 0 Å². The molecule has 0 spiro atoms. The average Bonchev–Trinajstić information content (AvgIpc) is 3.68. The molecule has 0 saturated carbocycles. The van der Waals surface area contributed by atoms with Crippen molar-refractivity contribution in [3.8, 4) is 0 Å². The van der Waals surface area contributed by atoms with Gasteiger partial charge in [-0.3, -0.25) is 9.59 Å². The molecule has 1 aromatic heterocycles. The van der Waals surface area contributed by atoms with Crippen molar-refractivity contribution in [1.29, 1.82) is 0 Å². The Hall–Kier alpha value is -3.42. The maximum atomic E-state index is 13.1. The maximum absolute atomic E-state index is 13.1. The summed E-state index contributed by atoms with van der Waals surface area (Å²) in [5.41, 5.74) is 2.62. The van der Waals surface area contributed by atoms with E-state index in [2.05, 4.69) is 0 Å². The van der Waals surface area contributed by atoms with Gasteiger partial charge in [0.25, 0.3) is 5.91 Å². The van der Waals surface area contributed by atoms with Gasteiger partial charge in [-0.2, -0.15) is 0 Å². The molecule has 2 aromatic carbocycles. The first-order valence-electron chi connectivity index (χ1n) is 10.6. The van der Waals surface area contributed by atoms with E-state index in [0.29, 0.717) is 36.0 Å². The van der Waals surface area contributed by atoms with Crippen molar-refractivity contribution >= 4 is 16.9 Å². The first-order valence-corrected chi connectivity index (χ1v) is 10.6. The number of amides is 1. The summed E-state index contributed by atoms with van der Waals surface area (Å²) in [6.45, 7) is 1.66. The number of aliphatic hydroxyl groups excluding tert-OH is 1. The van der Waals surface area contributed by atoms with E-state index in [1.165, 1.54) is 6.26 Å². The van der Waals surface area contributed by atoms with E-state index in [1.807, 2.05) is 30.3 Å². The lowest BCUT2D eigenvalue weighted by atomic mass is 9.93. The Kier molecular flexibility index (Phi) is 5.51. The van der Waals surface area contributed by atoms with Crippen molar-refractivity contribution in [3.05, 3.63) is 93.5 Å². The van der Waals surface area contributed by atoms with Crippen molar-refractivity contribution in [1.82, 2.24) is 4.90 Å². The molecule has 32 heavy (non-hydrogen) atoms. The third kappa shape index (κ3) is 4.17. The predicted octanol–water partition coefficient (Wildman–Crippen LogP) is 3.06. The molecule has 7 nitrogen and oxygen atoms in total. The first kappa shape index (κ1) is 20.5. The number of fused-ring (bicyclic) bond motifs is 1.